The molecule has 0 saturated carbocycles. The van der Waals surface area contributed by atoms with Crippen LogP contribution < -0.4 is 4.74 Å². The first-order valence-corrected chi connectivity index (χ1v) is 6.86. The van der Waals surface area contributed by atoms with E-state index in [9.17, 15) is 4.39 Å². The predicted octanol–water partition coefficient (Wildman–Crippen LogP) is 3.61. The summed E-state index contributed by atoms with van der Waals surface area (Å²) in [6, 6.07) is 4.51. The second kappa shape index (κ2) is 9.66. The van der Waals surface area contributed by atoms with Gasteiger partial charge in [0, 0.05) is 12.2 Å². The zero-order chi connectivity index (χ0) is 13.9. The van der Waals surface area contributed by atoms with E-state index in [0.29, 0.717) is 25.4 Å². The minimum atomic E-state index is -0.398. The molecule has 1 rings (SSSR count). The molecule has 0 saturated heterocycles. The normalized spacial score (nSPS) is 9.84. The molecule has 104 valence electrons. The average molecular weight is 285 g/mol. The van der Waals surface area contributed by atoms with Gasteiger partial charge in [-0.1, -0.05) is 25.2 Å². The zero-order valence-electron chi connectivity index (χ0n) is 11.0. The van der Waals surface area contributed by atoms with Gasteiger partial charge in [-0.25, -0.2) is 4.39 Å². The van der Waals surface area contributed by atoms with Crippen LogP contribution in [0.5, 0.6) is 5.75 Å². The fraction of sp³-hybridized carbons (Fsp3) is 0.467. The van der Waals surface area contributed by atoms with Crippen LogP contribution in [-0.2, 0) is 4.74 Å². The molecule has 1 aromatic rings. The molecule has 0 radical (unpaired) electrons. The van der Waals surface area contributed by atoms with Crippen molar-refractivity contribution < 1.29 is 13.9 Å². The van der Waals surface area contributed by atoms with Crippen LogP contribution in [0.4, 0.5) is 4.39 Å². The van der Waals surface area contributed by atoms with Crippen LogP contribution in [0.3, 0.4) is 0 Å². The quantitative estimate of drug-likeness (QED) is 0.433. The van der Waals surface area contributed by atoms with Gasteiger partial charge < -0.3 is 9.47 Å². The largest absolute Gasteiger partial charge is 0.488 e. The Kier molecular flexibility index (Phi) is 8.04. The van der Waals surface area contributed by atoms with E-state index in [1.54, 1.807) is 12.1 Å². The maximum absolute atomic E-state index is 13.5. The second-order valence-electron chi connectivity index (χ2n) is 3.89. The highest BCUT2D eigenvalue weighted by atomic mass is 35.5. The monoisotopic (exact) mass is 284 g/mol. The van der Waals surface area contributed by atoms with Crippen LogP contribution in [0.1, 0.15) is 25.3 Å². The van der Waals surface area contributed by atoms with Crippen molar-refractivity contribution in [3.63, 3.8) is 0 Å². The first-order chi connectivity index (χ1) is 9.27. The van der Waals surface area contributed by atoms with Gasteiger partial charge in [0.2, 0.25) is 0 Å². The first kappa shape index (κ1) is 15.8. The highest BCUT2D eigenvalue weighted by molar-refractivity contribution is 6.19. The molecule has 0 heterocycles. The van der Waals surface area contributed by atoms with Gasteiger partial charge in [-0.15, -0.1) is 11.6 Å². The standard InChI is InChI=1S/C15H18ClFO2/c1-2-3-9-18-10-11-19-15-12-13(5-4-8-16)6-7-14(15)17/h6-7,12H,2-3,8-11H2,1H3. The topological polar surface area (TPSA) is 18.5 Å². The molecule has 0 unspecified atom stereocenters. The summed E-state index contributed by atoms with van der Waals surface area (Å²) in [4.78, 5) is 0. The smallest absolute Gasteiger partial charge is 0.165 e. The van der Waals surface area contributed by atoms with Gasteiger partial charge in [0.05, 0.1) is 12.5 Å². The number of rotatable bonds is 7. The molecule has 0 N–H and O–H groups in total. The van der Waals surface area contributed by atoms with Gasteiger partial charge in [-0.05, 0) is 24.6 Å². The number of benzene rings is 1. The van der Waals surface area contributed by atoms with Crippen molar-refractivity contribution in [3.8, 4) is 17.6 Å². The van der Waals surface area contributed by atoms with Gasteiger partial charge in [-0.3, -0.25) is 0 Å². The van der Waals surface area contributed by atoms with E-state index < -0.39 is 5.82 Å². The van der Waals surface area contributed by atoms with Crippen molar-refractivity contribution in [2.75, 3.05) is 25.7 Å². The van der Waals surface area contributed by atoms with Crippen molar-refractivity contribution in [1.29, 1.82) is 0 Å². The number of ether oxygens (including phenoxy) is 2. The van der Waals surface area contributed by atoms with Crippen LogP contribution >= 0.6 is 11.6 Å². The van der Waals surface area contributed by atoms with Crippen molar-refractivity contribution in [2.45, 2.75) is 19.8 Å². The van der Waals surface area contributed by atoms with Crippen molar-refractivity contribution in [3.05, 3.63) is 29.6 Å². The molecule has 0 spiro atoms. The summed E-state index contributed by atoms with van der Waals surface area (Å²) < 4.78 is 24.2. The van der Waals surface area contributed by atoms with E-state index >= 15 is 0 Å². The molecule has 0 fully saturated rings. The third kappa shape index (κ3) is 6.47. The minimum absolute atomic E-state index is 0.195. The lowest BCUT2D eigenvalue weighted by molar-refractivity contribution is 0.0967. The summed E-state index contributed by atoms with van der Waals surface area (Å²) in [7, 11) is 0. The van der Waals surface area contributed by atoms with Gasteiger partial charge in [0.25, 0.3) is 0 Å². The average Bonchev–Trinajstić information content (AvgIpc) is 2.43. The zero-order valence-corrected chi connectivity index (χ0v) is 11.8. The number of hydrogen-bond acceptors (Lipinski definition) is 2. The Morgan fingerprint density at radius 2 is 2.11 bits per heavy atom. The van der Waals surface area contributed by atoms with Crippen LogP contribution in [0.15, 0.2) is 18.2 Å². The molecule has 0 aromatic heterocycles. The van der Waals surface area contributed by atoms with Crippen molar-refractivity contribution >= 4 is 11.6 Å². The Bertz CT molecular complexity index is 438. The highest BCUT2D eigenvalue weighted by Gasteiger charge is 2.03. The maximum Gasteiger partial charge on any atom is 0.165 e. The Balaban J connectivity index is 2.43. The molecule has 0 aliphatic carbocycles. The Labute approximate surface area is 118 Å². The van der Waals surface area contributed by atoms with E-state index in [2.05, 4.69) is 18.8 Å². The summed E-state index contributed by atoms with van der Waals surface area (Å²) in [6.07, 6.45) is 2.12. The van der Waals surface area contributed by atoms with E-state index in [1.165, 1.54) is 6.07 Å². The summed E-state index contributed by atoms with van der Waals surface area (Å²) >= 11 is 5.47. The van der Waals surface area contributed by atoms with E-state index in [-0.39, 0.29) is 11.6 Å². The molecule has 0 atom stereocenters. The highest BCUT2D eigenvalue weighted by Crippen LogP contribution is 2.18. The molecule has 2 nitrogen and oxygen atoms in total. The summed E-state index contributed by atoms with van der Waals surface area (Å²) in [5.74, 6) is 5.58. The van der Waals surface area contributed by atoms with Gasteiger partial charge in [0.1, 0.15) is 6.61 Å². The summed E-state index contributed by atoms with van der Waals surface area (Å²) in [5, 5.41) is 0. The second-order valence-corrected chi connectivity index (χ2v) is 4.16. The van der Waals surface area contributed by atoms with Gasteiger partial charge in [-0.2, -0.15) is 0 Å². The molecule has 0 aliphatic rings. The third-order valence-corrected chi connectivity index (χ3v) is 2.49. The SMILES string of the molecule is CCCCOCCOc1cc(C#CCCl)ccc1F. The lowest BCUT2D eigenvalue weighted by atomic mass is 10.2. The van der Waals surface area contributed by atoms with Crippen molar-refractivity contribution in [2.24, 2.45) is 0 Å². The van der Waals surface area contributed by atoms with Crippen LogP contribution in [0, 0.1) is 17.7 Å². The molecular formula is C15H18ClFO2. The van der Waals surface area contributed by atoms with E-state index in [4.69, 9.17) is 21.1 Å². The summed E-state index contributed by atoms with van der Waals surface area (Å²) in [5.41, 5.74) is 0.684. The van der Waals surface area contributed by atoms with Gasteiger partial charge >= 0.3 is 0 Å². The molecule has 1 aromatic carbocycles. The minimum Gasteiger partial charge on any atom is -0.488 e. The molecular weight excluding hydrogens is 267 g/mol. The molecule has 0 amide bonds. The lowest BCUT2D eigenvalue weighted by Gasteiger charge is -2.08. The van der Waals surface area contributed by atoms with E-state index in [0.717, 1.165) is 12.8 Å². The third-order valence-electron chi connectivity index (χ3n) is 2.36. The number of alkyl halides is 1. The summed E-state index contributed by atoms with van der Waals surface area (Å²) in [6.45, 7) is 3.59. The first-order valence-electron chi connectivity index (χ1n) is 6.33. The maximum atomic E-state index is 13.5. The van der Waals surface area contributed by atoms with Crippen LogP contribution in [0.25, 0.3) is 0 Å². The molecule has 0 bridgehead atoms. The van der Waals surface area contributed by atoms with Crippen molar-refractivity contribution in [1.82, 2.24) is 0 Å². The van der Waals surface area contributed by atoms with Gasteiger partial charge in [0.15, 0.2) is 11.6 Å². The number of hydrogen-bond donors (Lipinski definition) is 0. The fourth-order valence-corrected chi connectivity index (χ4v) is 1.45. The molecule has 4 heteroatoms. The fourth-order valence-electron chi connectivity index (χ4n) is 1.39. The predicted molar refractivity (Wildman–Crippen MR) is 75.2 cm³/mol. The Hall–Kier alpha value is -1.24. The van der Waals surface area contributed by atoms with Crippen LogP contribution in [0.2, 0.25) is 0 Å². The molecule has 19 heavy (non-hydrogen) atoms. The lowest BCUT2D eigenvalue weighted by Crippen LogP contribution is -2.08. The Morgan fingerprint density at radius 3 is 2.84 bits per heavy atom. The Morgan fingerprint density at radius 1 is 1.26 bits per heavy atom. The number of unbranched alkanes of at least 4 members (excludes halogenated alkanes) is 1. The van der Waals surface area contributed by atoms with Crippen LogP contribution in [-0.4, -0.2) is 25.7 Å². The number of halogens is 2. The van der Waals surface area contributed by atoms with E-state index in [1.807, 2.05) is 0 Å². The molecule has 0 aliphatic heterocycles.